The molecule has 2 heterocycles. The monoisotopic (exact) mass is 393 g/mol. The number of nitrogens with zero attached hydrogens (tertiary/aromatic N) is 1. The second-order valence-corrected chi connectivity index (χ2v) is 8.34. The summed E-state index contributed by atoms with van der Waals surface area (Å²) in [6, 6.07) is 17.5. The van der Waals surface area contributed by atoms with Gasteiger partial charge in [0.05, 0.1) is 7.11 Å². The van der Waals surface area contributed by atoms with Crippen LogP contribution >= 0.6 is 0 Å². The molecule has 0 spiro atoms. The van der Waals surface area contributed by atoms with Crippen molar-refractivity contribution in [3.63, 3.8) is 0 Å². The number of carbonyl (C=O) groups is 1. The largest absolute Gasteiger partial charge is 0.497 e. The number of piperidine rings is 2. The third-order valence-corrected chi connectivity index (χ3v) is 6.38. The molecule has 2 N–H and O–H groups in total. The Hall–Kier alpha value is -2.53. The molecule has 0 saturated carbocycles. The van der Waals surface area contributed by atoms with Gasteiger partial charge in [-0.1, -0.05) is 36.8 Å². The maximum atomic E-state index is 12.5. The molecule has 154 valence electrons. The van der Waals surface area contributed by atoms with Crippen LogP contribution in [0.1, 0.15) is 43.2 Å². The molecule has 2 aromatic carbocycles. The predicted molar refractivity (Wildman–Crippen MR) is 116 cm³/mol. The molecule has 4 rings (SSSR count). The van der Waals surface area contributed by atoms with E-state index in [1.807, 2.05) is 43.3 Å². The van der Waals surface area contributed by atoms with Crippen LogP contribution in [-0.2, 0) is 6.54 Å². The van der Waals surface area contributed by atoms with E-state index in [0.29, 0.717) is 12.1 Å². The summed E-state index contributed by atoms with van der Waals surface area (Å²) in [5, 5.41) is 6.24. The third-order valence-electron chi connectivity index (χ3n) is 6.38. The molecule has 2 amide bonds. The summed E-state index contributed by atoms with van der Waals surface area (Å²) in [6.45, 7) is 2.99. The zero-order valence-electron chi connectivity index (χ0n) is 17.4. The molecule has 5 heteroatoms. The van der Waals surface area contributed by atoms with Crippen LogP contribution in [0.2, 0.25) is 0 Å². The first-order valence-corrected chi connectivity index (χ1v) is 10.6. The summed E-state index contributed by atoms with van der Waals surface area (Å²) in [5.41, 5.74) is 3.28. The average Bonchev–Trinajstić information content (AvgIpc) is 2.71. The number of para-hydroxylation sites is 1. The van der Waals surface area contributed by atoms with Gasteiger partial charge in [0.2, 0.25) is 0 Å². The number of ether oxygens (including phenoxy) is 1. The minimum Gasteiger partial charge on any atom is -0.497 e. The lowest BCUT2D eigenvalue weighted by atomic mass is 9.81. The topological polar surface area (TPSA) is 53.6 Å². The Labute approximate surface area is 173 Å². The van der Waals surface area contributed by atoms with Crippen molar-refractivity contribution in [2.45, 2.75) is 63.7 Å². The van der Waals surface area contributed by atoms with Crippen LogP contribution < -0.4 is 15.4 Å². The summed E-state index contributed by atoms with van der Waals surface area (Å²) in [7, 11) is 1.70. The molecule has 5 nitrogen and oxygen atoms in total. The maximum Gasteiger partial charge on any atom is 0.319 e. The molecule has 2 aliphatic heterocycles. The van der Waals surface area contributed by atoms with Crippen molar-refractivity contribution in [1.29, 1.82) is 0 Å². The number of urea groups is 1. The molecule has 2 aromatic rings. The number of benzene rings is 2. The van der Waals surface area contributed by atoms with Gasteiger partial charge in [0.25, 0.3) is 0 Å². The zero-order chi connectivity index (χ0) is 20.2. The summed E-state index contributed by atoms with van der Waals surface area (Å²) in [5.74, 6) is 0.900. The molecule has 0 aliphatic carbocycles. The van der Waals surface area contributed by atoms with Gasteiger partial charge in [0.15, 0.2) is 0 Å². The standard InChI is InChI=1S/C24H31N3O2/c1-17-6-3-4-9-23(17)26-24(28)25-19-14-20-7-5-8-21(15-19)27(20)16-18-10-12-22(29-2)13-11-18/h3-4,6,9-13,19-21H,5,7-8,14-16H2,1-2H3,(H2,25,26,28)/t20-,21-/m1/s1. The number of amides is 2. The summed E-state index contributed by atoms with van der Waals surface area (Å²) in [6.07, 6.45) is 5.76. The van der Waals surface area contributed by atoms with Gasteiger partial charge in [-0.25, -0.2) is 4.79 Å². The van der Waals surface area contributed by atoms with E-state index in [4.69, 9.17) is 4.74 Å². The van der Waals surface area contributed by atoms with Crippen molar-refractivity contribution in [3.8, 4) is 5.75 Å². The van der Waals surface area contributed by atoms with Crippen LogP contribution in [0.15, 0.2) is 48.5 Å². The van der Waals surface area contributed by atoms with Crippen molar-refractivity contribution < 1.29 is 9.53 Å². The fraction of sp³-hybridized carbons (Fsp3) is 0.458. The Balaban J connectivity index is 1.36. The highest BCUT2D eigenvalue weighted by atomic mass is 16.5. The highest BCUT2D eigenvalue weighted by molar-refractivity contribution is 5.90. The lowest BCUT2D eigenvalue weighted by Crippen LogP contribution is -2.56. The Bertz CT molecular complexity index is 822. The van der Waals surface area contributed by atoms with E-state index in [0.717, 1.165) is 36.4 Å². The van der Waals surface area contributed by atoms with Gasteiger partial charge in [-0.05, 0) is 61.9 Å². The number of methoxy groups -OCH3 is 1. The van der Waals surface area contributed by atoms with E-state index in [9.17, 15) is 4.79 Å². The SMILES string of the molecule is COc1ccc(CN2[C@@H]3CCC[C@@H]2CC(NC(=O)Nc2ccccc2C)C3)cc1. The number of hydrogen-bond acceptors (Lipinski definition) is 3. The minimum absolute atomic E-state index is 0.0917. The summed E-state index contributed by atoms with van der Waals surface area (Å²) in [4.78, 5) is 15.2. The molecule has 2 aliphatic rings. The molecule has 2 fully saturated rings. The van der Waals surface area contributed by atoms with Crippen LogP contribution in [0.3, 0.4) is 0 Å². The first kappa shape index (κ1) is 19.8. The van der Waals surface area contributed by atoms with Gasteiger partial charge in [-0.2, -0.15) is 0 Å². The molecule has 0 radical (unpaired) electrons. The first-order valence-electron chi connectivity index (χ1n) is 10.6. The maximum absolute atomic E-state index is 12.5. The number of rotatable bonds is 5. The highest BCUT2D eigenvalue weighted by Crippen LogP contribution is 2.35. The Morgan fingerprint density at radius 1 is 1.07 bits per heavy atom. The minimum atomic E-state index is -0.0917. The Kier molecular flexibility index (Phi) is 6.05. The van der Waals surface area contributed by atoms with Crippen molar-refractivity contribution >= 4 is 11.7 Å². The van der Waals surface area contributed by atoms with E-state index in [1.165, 1.54) is 24.8 Å². The van der Waals surface area contributed by atoms with Gasteiger partial charge < -0.3 is 15.4 Å². The smallest absolute Gasteiger partial charge is 0.319 e. The molecule has 2 atom stereocenters. The Morgan fingerprint density at radius 2 is 1.76 bits per heavy atom. The third kappa shape index (κ3) is 4.73. The van der Waals surface area contributed by atoms with E-state index < -0.39 is 0 Å². The molecule has 2 saturated heterocycles. The number of fused-ring (bicyclic) bond motifs is 2. The lowest BCUT2D eigenvalue weighted by Gasteiger charge is -2.49. The van der Waals surface area contributed by atoms with Gasteiger partial charge in [-0.3, -0.25) is 4.90 Å². The van der Waals surface area contributed by atoms with Crippen LogP contribution in [-0.4, -0.2) is 36.2 Å². The number of carbonyl (C=O) groups excluding carboxylic acids is 1. The lowest BCUT2D eigenvalue weighted by molar-refractivity contribution is 0.0200. The van der Waals surface area contributed by atoms with Crippen LogP contribution in [0.5, 0.6) is 5.75 Å². The van der Waals surface area contributed by atoms with Crippen molar-refractivity contribution in [2.24, 2.45) is 0 Å². The first-order chi connectivity index (χ1) is 14.1. The second kappa shape index (κ2) is 8.87. The van der Waals surface area contributed by atoms with Gasteiger partial charge in [-0.15, -0.1) is 0 Å². The average molecular weight is 394 g/mol. The fourth-order valence-corrected chi connectivity index (χ4v) is 4.85. The molecular weight excluding hydrogens is 362 g/mol. The van der Waals surface area contributed by atoms with Gasteiger partial charge >= 0.3 is 6.03 Å². The zero-order valence-corrected chi connectivity index (χ0v) is 17.4. The quantitative estimate of drug-likeness (QED) is 0.773. The number of anilines is 1. The van der Waals surface area contributed by atoms with Crippen molar-refractivity contribution in [1.82, 2.24) is 10.2 Å². The predicted octanol–water partition coefficient (Wildman–Crippen LogP) is 4.71. The highest BCUT2D eigenvalue weighted by Gasteiger charge is 2.38. The molecular formula is C24H31N3O2. The van der Waals surface area contributed by atoms with E-state index in [2.05, 4.69) is 27.7 Å². The number of hydrogen-bond donors (Lipinski definition) is 2. The normalized spacial score (nSPS) is 24.0. The second-order valence-electron chi connectivity index (χ2n) is 8.34. The Morgan fingerprint density at radius 3 is 2.41 bits per heavy atom. The van der Waals surface area contributed by atoms with Crippen LogP contribution in [0.4, 0.5) is 10.5 Å². The number of aryl methyl sites for hydroxylation is 1. The molecule has 29 heavy (non-hydrogen) atoms. The van der Waals surface area contributed by atoms with E-state index in [-0.39, 0.29) is 12.1 Å². The van der Waals surface area contributed by atoms with Gasteiger partial charge in [0.1, 0.15) is 5.75 Å². The molecule has 0 unspecified atom stereocenters. The van der Waals surface area contributed by atoms with Gasteiger partial charge in [0, 0.05) is 30.4 Å². The molecule has 2 bridgehead atoms. The van der Waals surface area contributed by atoms with E-state index in [1.54, 1.807) is 7.11 Å². The van der Waals surface area contributed by atoms with Crippen LogP contribution in [0.25, 0.3) is 0 Å². The van der Waals surface area contributed by atoms with Crippen LogP contribution in [0, 0.1) is 6.92 Å². The van der Waals surface area contributed by atoms with Crippen molar-refractivity contribution in [2.75, 3.05) is 12.4 Å². The number of nitrogens with one attached hydrogen (secondary N) is 2. The summed E-state index contributed by atoms with van der Waals surface area (Å²) >= 11 is 0. The summed E-state index contributed by atoms with van der Waals surface area (Å²) < 4.78 is 5.27. The fourth-order valence-electron chi connectivity index (χ4n) is 4.85. The molecule has 0 aromatic heterocycles. The van der Waals surface area contributed by atoms with Crippen molar-refractivity contribution in [3.05, 3.63) is 59.7 Å². The van der Waals surface area contributed by atoms with E-state index >= 15 is 0 Å².